The monoisotopic (exact) mass is 458 g/mol. The number of nitrogens with one attached hydrogen (secondary N) is 2. The Kier molecular flexibility index (Phi) is 11.9. The van der Waals surface area contributed by atoms with Gasteiger partial charge in [0.2, 0.25) is 0 Å². The third kappa shape index (κ3) is 8.90. The van der Waals surface area contributed by atoms with Gasteiger partial charge in [0.1, 0.15) is 0 Å². The molecule has 142 valence electrons. The van der Waals surface area contributed by atoms with Crippen LogP contribution in [0.2, 0.25) is 0 Å². The van der Waals surface area contributed by atoms with Gasteiger partial charge in [0.05, 0.1) is 0 Å². The normalized spacial score (nSPS) is 16.3. The summed E-state index contributed by atoms with van der Waals surface area (Å²) in [4.78, 5) is 7.31. The summed E-state index contributed by atoms with van der Waals surface area (Å²) in [6, 6.07) is 10.6. The zero-order chi connectivity index (χ0) is 17.0. The van der Waals surface area contributed by atoms with Crippen LogP contribution in [0.5, 0.6) is 0 Å². The summed E-state index contributed by atoms with van der Waals surface area (Å²) in [6.45, 7) is 10.9. The van der Waals surface area contributed by atoms with Gasteiger partial charge in [0.25, 0.3) is 0 Å². The van der Waals surface area contributed by atoms with Gasteiger partial charge in [-0.2, -0.15) is 0 Å². The van der Waals surface area contributed by atoms with Gasteiger partial charge in [-0.15, -0.1) is 24.0 Å². The number of nitrogens with zero attached hydrogens (tertiary/aromatic N) is 2. The van der Waals surface area contributed by atoms with Crippen LogP contribution < -0.4 is 10.6 Å². The van der Waals surface area contributed by atoms with E-state index >= 15 is 0 Å². The van der Waals surface area contributed by atoms with Gasteiger partial charge in [0.15, 0.2) is 5.96 Å². The van der Waals surface area contributed by atoms with Crippen LogP contribution in [-0.2, 0) is 6.42 Å². The van der Waals surface area contributed by atoms with E-state index in [1.807, 2.05) is 0 Å². The number of likely N-dealkylation sites (tertiary alicyclic amines) is 1. The van der Waals surface area contributed by atoms with Crippen LogP contribution in [0.1, 0.15) is 38.7 Å². The summed E-state index contributed by atoms with van der Waals surface area (Å²) in [7, 11) is 0. The van der Waals surface area contributed by atoms with Crippen molar-refractivity contribution in [3.8, 4) is 0 Å². The average molecular weight is 458 g/mol. The van der Waals surface area contributed by atoms with E-state index < -0.39 is 0 Å². The van der Waals surface area contributed by atoms with E-state index in [9.17, 15) is 0 Å². The van der Waals surface area contributed by atoms with Gasteiger partial charge in [-0.25, -0.2) is 0 Å². The Labute approximate surface area is 170 Å². The van der Waals surface area contributed by atoms with Gasteiger partial charge < -0.3 is 15.5 Å². The lowest BCUT2D eigenvalue weighted by molar-refractivity contribution is 0.188. The minimum absolute atomic E-state index is 0. The molecule has 0 unspecified atom stereocenters. The van der Waals surface area contributed by atoms with Gasteiger partial charge in [0, 0.05) is 19.6 Å². The summed E-state index contributed by atoms with van der Waals surface area (Å²) < 4.78 is 0. The van der Waals surface area contributed by atoms with Crippen LogP contribution in [-0.4, -0.2) is 50.1 Å². The molecule has 1 aliphatic heterocycles. The highest BCUT2D eigenvalue weighted by molar-refractivity contribution is 14.0. The molecule has 1 fully saturated rings. The van der Waals surface area contributed by atoms with Gasteiger partial charge in [-0.3, -0.25) is 4.99 Å². The lowest BCUT2D eigenvalue weighted by atomic mass is 9.94. The molecule has 1 heterocycles. The topological polar surface area (TPSA) is 39.7 Å². The van der Waals surface area contributed by atoms with Crippen LogP contribution >= 0.6 is 24.0 Å². The van der Waals surface area contributed by atoms with Gasteiger partial charge in [-0.05, 0) is 63.7 Å². The standard InChI is InChI=1S/C20H34N4.HI/c1-3-21-20(22-14-10-18-8-6-5-7-9-18)23-15-11-19-12-16-24(4-2)17-13-19;/h5-9,19H,3-4,10-17H2,1-2H3,(H2,21,22,23);1H. The van der Waals surface area contributed by atoms with Crippen molar-refractivity contribution in [1.29, 1.82) is 0 Å². The second-order valence-electron chi connectivity index (χ2n) is 6.59. The van der Waals surface area contributed by atoms with Crippen molar-refractivity contribution in [3.05, 3.63) is 35.9 Å². The number of halogens is 1. The number of benzene rings is 1. The number of aliphatic imine (C=N–C) groups is 1. The molecule has 4 nitrogen and oxygen atoms in total. The second kappa shape index (κ2) is 13.4. The summed E-state index contributed by atoms with van der Waals surface area (Å²) in [5.41, 5.74) is 1.36. The first kappa shape index (κ1) is 22.2. The second-order valence-corrected chi connectivity index (χ2v) is 6.59. The maximum absolute atomic E-state index is 4.76. The molecule has 25 heavy (non-hydrogen) atoms. The Morgan fingerprint density at radius 3 is 2.48 bits per heavy atom. The molecule has 0 spiro atoms. The maximum Gasteiger partial charge on any atom is 0.191 e. The predicted molar refractivity (Wildman–Crippen MR) is 119 cm³/mol. The number of hydrogen-bond acceptors (Lipinski definition) is 2. The quantitative estimate of drug-likeness (QED) is 0.356. The first-order valence-electron chi connectivity index (χ1n) is 9.60. The molecule has 1 aromatic rings. The minimum Gasteiger partial charge on any atom is -0.357 e. The Morgan fingerprint density at radius 2 is 1.84 bits per heavy atom. The van der Waals surface area contributed by atoms with E-state index in [-0.39, 0.29) is 24.0 Å². The highest BCUT2D eigenvalue weighted by atomic mass is 127. The highest BCUT2D eigenvalue weighted by Crippen LogP contribution is 2.19. The fraction of sp³-hybridized carbons (Fsp3) is 0.650. The van der Waals surface area contributed by atoms with Crippen molar-refractivity contribution in [2.75, 3.05) is 39.3 Å². The van der Waals surface area contributed by atoms with Crippen LogP contribution in [0.4, 0.5) is 0 Å². The van der Waals surface area contributed by atoms with Crippen molar-refractivity contribution in [1.82, 2.24) is 15.5 Å². The van der Waals surface area contributed by atoms with Crippen molar-refractivity contribution in [2.45, 2.75) is 39.5 Å². The number of hydrogen-bond donors (Lipinski definition) is 2. The van der Waals surface area contributed by atoms with E-state index in [4.69, 9.17) is 4.99 Å². The molecule has 0 saturated carbocycles. The maximum atomic E-state index is 4.76. The molecule has 2 rings (SSSR count). The van der Waals surface area contributed by atoms with E-state index in [0.29, 0.717) is 0 Å². The van der Waals surface area contributed by atoms with Crippen LogP contribution in [0.15, 0.2) is 35.3 Å². The van der Waals surface area contributed by atoms with Crippen LogP contribution in [0, 0.1) is 5.92 Å². The molecule has 0 radical (unpaired) electrons. The molecule has 1 aromatic carbocycles. The summed E-state index contributed by atoms with van der Waals surface area (Å²) in [5, 5.41) is 6.81. The van der Waals surface area contributed by atoms with Crippen LogP contribution in [0.3, 0.4) is 0 Å². The summed E-state index contributed by atoms with van der Waals surface area (Å²) in [5.74, 6) is 1.81. The molecular formula is C20H35IN4. The average Bonchev–Trinajstić information content (AvgIpc) is 2.63. The largest absolute Gasteiger partial charge is 0.357 e. The fourth-order valence-electron chi connectivity index (χ4n) is 3.26. The molecule has 0 aromatic heterocycles. The zero-order valence-corrected chi connectivity index (χ0v) is 18.2. The molecule has 1 saturated heterocycles. The third-order valence-corrected chi connectivity index (χ3v) is 4.85. The number of guanidine groups is 1. The highest BCUT2D eigenvalue weighted by Gasteiger charge is 2.17. The Balaban J connectivity index is 0.00000312. The van der Waals surface area contributed by atoms with Crippen molar-refractivity contribution in [2.24, 2.45) is 10.9 Å². The number of rotatable bonds is 8. The van der Waals surface area contributed by atoms with Crippen molar-refractivity contribution < 1.29 is 0 Å². The summed E-state index contributed by atoms with van der Waals surface area (Å²) >= 11 is 0. The predicted octanol–water partition coefficient (Wildman–Crippen LogP) is 3.52. The van der Waals surface area contributed by atoms with E-state index in [2.05, 4.69) is 59.7 Å². The molecular weight excluding hydrogens is 423 g/mol. The van der Waals surface area contributed by atoms with E-state index in [0.717, 1.165) is 37.9 Å². The SMILES string of the molecule is CCNC(=NCCC1CCN(CC)CC1)NCCc1ccccc1.I. The molecule has 5 heteroatoms. The molecule has 0 bridgehead atoms. The van der Waals surface area contributed by atoms with Crippen molar-refractivity contribution in [3.63, 3.8) is 0 Å². The summed E-state index contributed by atoms with van der Waals surface area (Å²) in [6.07, 6.45) is 4.91. The molecule has 0 aliphatic carbocycles. The lowest BCUT2D eigenvalue weighted by Gasteiger charge is -2.30. The van der Waals surface area contributed by atoms with Gasteiger partial charge >= 0.3 is 0 Å². The lowest BCUT2D eigenvalue weighted by Crippen LogP contribution is -2.38. The smallest absolute Gasteiger partial charge is 0.191 e. The first-order valence-corrected chi connectivity index (χ1v) is 9.60. The first-order chi connectivity index (χ1) is 11.8. The molecule has 2 N–H and O–H groups in total. The Morgan fingerprint density at radius 1 is 1.12 bits per heavy atom. The van der Waals surface area contributed by atoms with Crippen molar-refractivity contribution >= 4 is 29.9 Å². The molecule has 0 atom stereocenters. The van der Waals surface area contributed by atoms with E-state index in [1.165, 1.54) is 44.5 Å². The van der Waals surface area contributed by atoms with Crippen LogP contribution in [0.25, 0.3) is 0 Å². The molecule has 0 amide bonds. The minimum atomic E-state index is 0. The zero-order valence-electron chi connectivity index (χ0n) is 15.8. The van der Waals surface area contributed by atoms with Gasteiger partial charge in [-0.1, -0.05) is 37.3 Å². The Hall–Kier alpha value is -0.820. The fourth-order valence-corrected chi connectivity index (χ4v) is 3.26. The molecule has 1 aliphatic rings. The Bertz CT molecular complexity index is 470. The van der Waals surface area contributed by atoms with E-state index in [1.54, 1.807) is 0 Å². The third-order valence-electron chi connectivity index (χ3n) is 4.85. The number of piperidine rings is 1.